The number of rotatable bonds is 0. The van der Waals surface area contributed by atoms with Crippen molar-refractivity contribution in [2.75, 3.05) is 13.1 Å². The van der Waals surface area contributed by atoms with Crippen LogP contribution in [0.25, 0.3) is 0 Å². The minimum atomic E-state index is -0.264. The van der Waals surface area contributed by atoms with E-state index < -0.39 is 0 Å². The van der Waals surface area contributed by atoms with Gasteiger partial charge in [0.25, 0.3) is 0 Å². The van der Waals surface area contributed by atoms with E-state index in [1.54, 1.807) is 0 Å². The molecule has 3 nitrogen and oxygen atoms in total. The molecule has 0 aromatic rings. The van der Waals surface area contributed by atoms with Crippen LogP contribution in [0.3, 0.4) is 0 Å². The predicted octanol–water partition coefficient (Wildman–Crippen LogP) is 0.982. The van der Waals surface area contributed by atoms with Gasteiger partial charge in [-0.1, -0.05) is 20.8 Å². The number of likely N-dealkylation sites (tertiary alicyclic amines) is 1. The summed E-state index contributed by atoms with van der Waals surface area (Å²) in [6, 6.07) is 0. The van der Waals surface area contributed by atoms with Gasteiger partial charge in [0.1, 0.15) is 0 Å². The molecule has 1 saturated heterocycles. The number of amides is 1. The molecule has 3 heteroatoms. The minimum Gasteiger partial charge on any atom is -0.340 e. The Kier molecular flexibility index (Phi) is 1.94. The number of hydrogen-bond acceptors (Lipinski definition) is 2. The van der Waals surface area contributed by atoms with Crippen molar-refractivity contribution in [1.29, 1.82) is 0 Å². The van der Waals surface area contributed by atoms with Gasteiger partial charge in [-0.05, 0) is 18.8 Å². The first-order valence-corrected chi connectivity index (χ1v) is 5.41. The number of fused-ring (bicyclic) bond motifs is 1. The zero-order valence-electron chi connectivity index (χ0n) is 9.34. The second-order valence-electron chi connectivity index (χ2n) is 5.90. The maximum atomic E-state index is 12.0. The third-order valence-electron chi connectivity index (χ3n) is 3.63. The van der Waals surface area contributed by atoms with Crippen LogP contribution in [-0.2, 0) is 4.79 Å². The van der Waals surface area contributed by atoms with E-state index in [1.807, 2.05) is 25.7 Å². The first-order chi connectivity index (χ1) is 6.33. The first kappa shape index (κ1) is 9.97. The number of carbonyl (C=O) groups excluding carboxylic acids is 1. The van der Waals surface area contributed by atoms with E-state index in [2.05, 4.69) is 0 Å². The van der Waals surface area contributed by atoms with Crippen molar-refractivity contribution >= 4 is 5.91 Å². The minimum absolute atomic E-state index is 0.0408. The van der Waals surface area contributed by atoms with Crippen molar-refractivity contribution in [2.24, 2.45) is 17.1 Å². The van der Waals surface area contributed by atoms with Crippen molar-refractivity contribution in [3.05, 3.63) is 0 Å². The van der Waals surface area contributed by atoms with E-state index in [4.69, 9.17) is 5.73 Å². The summed E-state index contributed by atoms with van der Waals surface area (Å²) in [6.45, 7) is 7.57. The molecule has 1 amide bonds. The van der Waals surface area contributed by atoms with E-state index in [0.717, 1.165) is 19.5 Å². The van der Waals surface area contributed by atoms with E-state index >= 15 is 0 Å². The van der Waals surface area contributed by atoms with Crippen molar-refractivity contribution in [3.8, 4) is 0 Å². The van der Waals surface area contributed by atoms with E-state index in [-0.39, 0.29) is 16.9 Å². The third kappa shape index (κ3) is 1.34. The summed E-state index contributed by atoms with van der Waals surface area (Å²) in [5, 5.41) is 0. The van der Waals surface area contributed by atoms with Crippen molar-refractivity contribution in [3.63, 3.8) is 0 Å². The molecule has 0 aromatic carbocycles. The second-order valence-corrected chi connectivity index (χ2v) is 5.90. The molecule has 1 aliphatic carbocycles. The molecule has 2 aliphatic rings. The smallest absolute Gasteiger partial charge is 0.228 e. The first-order valence-electron chi connectivity index (χ1n) is 5.41. The van der Waals surface area contributed by atoms with Gasteiger partial charge in [0, 0.05) is 24.0 Å². The molecule has 0 bridgehead atoms. The Balaban J connectivity index is 2.06. The van der Waals surface area contributed by atoms with Gasteiger partial charge < -0.3 is 10.6 Å². The SMILES string of the molecule is CC(C)(C)C(=O)N1CC2CCC2(N)C1. The summed E-state index contributed by atoms with van der Waals surface area (Å²) in [5.74, 6) is 0.811. The summed E-state index contributed by atoms with van der Waals surface area (Å²) >= 11 is 0. The average Bonchev–Trinajstić information content (AvgIpc) is 2.26. The highest BCUT2D eigenvalue weighted by Gasteiger charge is 2.52. The Hall–Kier alpha value is -0.570. The van der Waals surface area contributed by atoms with Gasteiger partial charge in [0.05, 0.1) is 0 Å². The maximum Gasteiger partial charge on any atom is 0.228 e. The van der Waals surface area contributed by atoms with Gasteiger partial charge in [-0.25, -0.2) is 0 Å². The van der Waals surface area contributed by atoms with E-state index in [9.17, 15) is 4.79 Å². The van der Waals surface area contributed by atoms with Crippen LogP contribution in [0.5, 0.6) is 0 Å². The van der Waals surface area contributed by atoms with Crippen molar-refractivity contribution < 1.29 is 4.79 Å². The van der Waals surface area contributed by atoms with Gasteiger partial charge in [-0.3, -0.25) is 4.79 Å². The molecule has 2 rings (SSSR count). The average molecular weight is 196 g/mol. The van der Waals surface area contributed by atoms with Crippen molar-refractivity contribution in [1.82, 2.24) is 4.90 Å². The van der Waals surface area contributed by atoms with E-state index in [0.29, 0.717) is 5.92 Å². The molecular weight excluding hydrogens is 176 g/mol. The normalized spacial score (nSPS) is 36.6. The molecule has 1 heterocycles. The second kappa shape index (κ2) is 2.72. The third-order valence-corrected chi connectivity index (χ3v) is 3.63. The molecule has 0 aromatic heterocycles. The Morgan fingerprint density at radius 2 is 2.14 bits per heavy atom. The lowest BCUT2D eigenvalue weighted by Gasteiger charge is -2.40. The highest BCUT2D eigenvalue weighted by atomic mass is 16.2. The fraction of sp³-hybridized carbons (Fsp3) is 0.909. The van der Waals surface area contributed by atoms with Gasteiger partial charge in [-0.2, -0.15) is 0 Å². The highest BCUT2D eigenvalue weighted by molar-refractivity contribution is 5.82. The topological polar surface area (TPSA) is 46.3 Å². The van der Waals surface area contributed by atoms with Crippen LogP contribution in [0.2, 0.25) is 0 Å². The monoisotopic (exact) mass is 196 g/mol. The molecule has 80 valence electrons. The van der Waals surface area contributed by atoms with Crippen LogP contribution >= 0.6 is 0 Å². The van der Waals surface area contributed by atoms with Crippen molar-refractivity contribution in [2.45, 2.75) is 39.2 Å². The molecule has 2 N–H and O–H groups in total. The van der Waals surface area contributed by atoms with Crippen LogP contribution in [-0.4, -0.2) is 29.4 Å². The number of nitrogens with two attached hydrogens (primary N) is 1. The molecule has 14 heavy (non-hydrogen) atoms. The van der Waals surface area contributed by atoms with Gasteiger partial charge >= 0.3 is 0 Å². The number of nitrogens with zero attached hydrogens (tertiary/aromatic N) is 1. The Bertz CT molecular complexity index is 269. The number of hydrogen-bond donors (Lipinski definition) is 1. The molecule has 2 unspecified atom stereocenters. The van der Waals surface area contributed by atoms with Crippen LogP contribution < -0.4 is 5.73 Å². The lowest BCUT2D eigenvalue weighted by molar-refractivity contribution is -0.138. The Morgan fingerprint density at radius 1 is 1.50 bits per heavy atom. The number of carbonyl (C=O) groups is 1. The predicted molar refractivity (Wildman–Crippen MR) is 55.7 cm³/mol. The Morgan fingerprint density at radius 3 is 2.43 bits per heavy atom. The molecule has 0 radical (unpaired) electrons. The largest absolute Gasteiger partial charge is 0.340 e. The van der Waals surface area contributed by atoms with Crippen LogP contribution in [0.15, 0.2) is 0 Å². The molecule has 2 atom stereocenters. The van der Waals surface area contributed by atoms with Crippen LogP contribution in [0.1, 0.15) is 33.6 Å². The molecule has 1 aliphatic heterocycles. The van der Waals surface area contributed by atoms with Gasteiger partial charge in [0.15, 0.2) is 0 Å². The van der Waals surface area contributed by atoms with Crippen LogP contribution in [0, 0.1) is 11.3 Å². The lowest BCUT2D eigenvalue weighted by Crippen LogP contribution is -2.55. The zero-order chi connectivity index (χ0) is 10.6. The lowest BCUT2D eigenvalue weighted by atomic mass is 9.70. The fourth-order valence-corrected chi connectivity index (χ4v) is 2.52. The summed E-state index contributed by atoms with van der Waals surface area (Å²) in [4.78, 5) is 14.0. The molecule has 2 fully saturated rings. The zero-order valence-corrected chi connectivity index (χ0v) is 9.34. The molecule has 0 spiro atoms. The standard InChI is InChI=1S/C11H20N2O/c1-10(2,3)9(14)13-6-8-4-5-11(8,12)7-13/h8H,4-7,12H2,1-3H3. The molecular formula is C11H20N2O. The van der Waals surface area contributed by atoms with Gasteiger partial charge in [-0.15, -0.1) is 0 Å². The summed E-state index contributed by atoms with van der Waals surface area (Å²) in [7, 11) is 0. The summed E-state index contributed by atoms with van der Waals surface area (Å²) in [5.41, 5.74) is 5.88. The quantitative estimate of drug-likeness (QED) is 0.628. The summed E-state index contributed by atoms with van der Waals surface area (Å²) < 4.78 is 0. The van der Waals surface area contributed by atoms with Crippen LogP contribution in [0.4, 0.5) is 0 Å². The molecule has 1 saturated carbocycles. The fourth-order valence-electron chi connectivity index (χ4n) is 2.52. The Labute approximate surface area is 85.6 Å². The van der Waals surface area contributed by atoms with E-state index in [1.165, 1.54) is 6.42 Å². The van der Waals surface area contributed by atoms with Gasteiger partial charge in [0.2, 0.25) is 5.91 Å². The summed E-state index contributed by atoms with van der Waals surface area (Å²) in [6.07, 6.45) is 2.29. The highest BCUT2D eigenvalue weighted by Crippen LogP contribution is 2.43. The maximum absolute atomic E-state index is 12.0.